The second kappa shape index (κ2) is 7.66. The third-order valence-electron chi connectivity index (χ3n) is 3.28. The van der Waals surface area contributed by atoms with E-state index in [-0.39, 0.29) is 28.7 Å². The standard InChI is InChI=1S/C16H13N5O4S/c22-13-7-6-10(8-12(13)15(24)25)17-14(23)9-26-16-18-19-20-21(16)11-4-2-1-3-5-11/h1-8,22H,9H2,(H,17,23)(H,24,25). The van der Waals surface area contributed by atoms with Gasteiger partial charge in [0.2, 0.25) is 11.1 Å². The highest BCUT2D eigenvalue weighted by molar-refractivity contribution is 7.99. The molecule has 0 spiro atoms. The summed E-state index contributed by atoms with van der Waals surface area (Å²) >= 11 is 1.14. The lowest BCUT2D eigenvalue weighted by Gasteiger charge is -2.07. The fourth-order valence-corrected chi connectivity index (χ4v) is 2.80. The van der Waals surface area contributed by atoms with Crippen LogP contribution in [0.4, 0.5) is 5.69 Å². The number of benzene rings is 2. The average molecular weight is 371 g/mol. The largest absolute Gasteiger partial charge is 0.507 e. The third kappa shape index (κ3) is 3.98. The number of carboxylic acid groups (broad SMARTS) is 1. The van der Waals surface area contributed by atoms with Crippen molar-refractivity contribution >= 4 is 29.3 Å². The van der Waals surface area contributed by atoms with Crippen LogP contribution in [0.3, 0.4) is 0 Å². The summed E-state index contributed by atoms with van der Waals surface area (Å²) in [6, 6.07) is 13.1. The minimum Gasteiger partial charge on any atom is -0.507 e. The molecule has 9 nitrogen and oxygen atoms in total. The van der Waals surface area contributed by atoms with Gasteiger partial charge in [-0.2, -0.15) is 4.68 Å². The monoisotopic (exact) mass is 371 g/mol. The van der Waals surface area contributed by atoms with E-state index in [1.54, 1.807) is 0 Å². The van der Waals surface area contributed by atoms with Crippen molar-refractivity contribution in [2.75, 3.05) is 11.1 Å². The average Bonchev–Trinajstić information content (AvgIpc) is 3.11. The zero-order valence-electron chi connectivity index (χ0n) is 13.2. The Balaban J connectivity index is 1.65. The number of carboxylic acids is 1. The van der Waals surface area contributed by atoms with Crippen molar-refractivity contribution < 1.29 is 19.8 Å². The topological polar surface area (TPSA) is 130 Å². The van der Waals surface area contributed by atoms with Gasteiger partial charge in [0.1, 0.15) is 11.3 Å². The predicted molar refractivity (Wildman–Crippen MR) is 93.6 cm³/mol. The molecule has 3 N–H and O–H groups in total. The molecular formula is C16H13N5O4S. The number of carbonyl (C=O) groups is 2. The number of amides is 1. The summed E-state index contributed by atoms with van der Waals surface area (Å²) in [5.74, 6) is -1.99. The van der Waals surface area contributed by atoms with Crippen LogP contribution in [0.1, 0.15) is 10.4 Å². The van der Waals surface area contributed by atoms with Crippen LogP contribution in [0.25, 0.3) is 5.69 Å². The highest BCUT2D eigenvalue weighted by Gasteiger charge is 2.14. The molecule has 0 aliphatic carbocycles. The molecule has 0 bridgehead atoms. The minimum atomic E-state index is -1.28. The smallest absolute Gasteiger partial charge is 0.339 e. The molecular weight excluding hydrogens is 358 g/mol. The van der Waals surface area contributed by atoms with Crippen molar-refractivity contribution in [1.82, 2.24) is 20.2 Å². The van der Waals surface area contributed by atoms with Crippen LogP contribution in [-0.2, 0) is 4.79 Å². The Hall–Kier alpha value is -3.40. The Bertz CT molecular complexity index is 945. The fourth-order valence-electron chi connectivity index (χ4n) is 2.11. The van der Waals surface area contributed by atoms with Crippen LogP contribution in [-0.4, -0.2) is 48.0 Å². The predicted octanol–water partition coefficient (Wildman–Crippen LogP) is 1.80. The maximum Gasteiger partial charge on any atom is 0.339 e. The number of rotatable bonds is 6. The van der Waals surface area contributed by atoms with Crippen LogP contribution in [0.2, 0.25) is 0 Å². The highest BCUT2D eigenvalue weighted by atomic mass is 32.2. The summed E-state index contributed by atoms with van der Waals surface area (Å²) in [6.07, 6.45) is 0. The van der Waals surface area contributed by atoms with E-state index < -0.39 is 5.97 Å². The van der Waals surface area contributed by atoms with Crippen molar-refractivity contribution in [3.63, 3.8) is 0 Å². The molecule has 132 valence electrons. The van der Waals surface area contributed by atoms with Crippen LogP contribution >= 0.6 is 11.8 Å². The lowest BCUT2D eigenvalue weighted by Crippen LogP contribution is -2.15. The number of nitrogens with one attached hydrogen (secondary N) is 1. The maximum atomic E-state index is 12.1. The zero-order valence-corrected chi connectivity index (χ0v) is 14.1. The van der Waals surface area contributed by atoms with Gasteiger partial charge in [0.15, 0.2) is 0 Å². The van der Waals surface area contributed by atoms with Gasteiger partial charge in [0.05, 0.1) is 11.4 Å². The molecule has 1 heterocycles. The normalized spacial score (nSPS) is 10.5. The number of para-hydroxylation sites is 1. The van der Waals surface area contributed by atoms with E-state index in [4.69, 9.17) is 5.11 Å². The van der Waals surface area contributed by atoms with Crippen molar-refractivity contribution in [3.05, 3.63) is 54.1 Å². The van der Waals surface area contributed by atoms with Crippen LogP contribution in [0, 0.1) is 0 Å². The molecule has 1 amide bonds. The van der Waals surface area contributed by atoms with Crippen molar-refractivity contribution in [1.29, 1.82) is 0 Å². The number of tetrazole rings is 1. The number of anilines is 1. The minimum absolute atomic E-state index is 0.0243. The molecule has 0 saturated carbocycles. The lowest BCUT2D eigenvalue weighted by atomic mass is 10.2. The first-order chi connectivity index (χ1) is 12.5. The number of phenols is 1. The Morgan fingerprint density at radius 2 is 1.92 bits per heavy atom. The Labute approximate surface area is 151 Å². The van der Waals surface area contributed by atoms with E-state index in [2.05, 4.69) is 20.8 Å². The molecule has 3 aromatic rings. The molecule has 3 rings (SSSR count). The zero-order chi connectivity index (χ0) is 18.5. The van der Waals surface area contributed by atoms with Crippen molar-refractivity contribution in [3.8, 4) is 11.4 Å². The van der Waals surface area contributed by atoms with Gasteiger partial charge >= 0.3 is 5.97 Å². The van der Waals surface area contributed by atoms with Gasteiger partial charge in [-0.25, -0.2) is 4.79 Å². The lowest BCUT2D eigenvalue weighted by molar-refractivity contribution is -0.113. The van der Waals surface area contributed by atoms with Crippen LogP contribution in [0.5, 0.6) is 5.75 Å². The Kier molecular flexibility index (Phi) is 5.13. The molecule has 0 unspecified atom stereocenters. The first-order valence-electron chi connectivity index (χ1n) is 7.37. The van der Waals surface area contributed by atoms with E-state index in [0.717, 1.165) is 17.4 Å². The fraction of sp³-hybridized carbons (Fsp3) is 0.0625. The van der Waals surface area contributed by atoms with E-state index in [9.17, 15) is 14.7 Å². The molecule has 0 radical (unpaired) electrons. The van der Waals surface area contributed by atoms with E-state index in [1.165, 1.54) is 22.9 Å². The molecule has 10 heteroatoms. The van der Waals surface area contributed by atoms with E-state index in [1.807, 2.05) is 30.3 Å². The molecule has 0 aliphatic heterocycles. The van der Waals surface area contributed by atoms with Crippen molar-refractivity contribution in [2.45, 2.75) is 5.16 Å². The van der Waals surface area contributed by atoms with E-state index in [0.29, 0.717) is 5.16 Å². The summed E-state index contributed by atoms with van der Waals surface area (Å²) < 4.78 is 1.51. The van der Waals surface area contributed by atoms with Gasteiger partial charge in [-0.3, -0.25) is 4.79 Å². The second-order valence-electron chi connectivity index (χ2n) is 5.08. The molecule has 0 aliphatic rings. The summed E-state index contributed by atoms with van der Waals surface area (Å²) in [5.41, 5.74) is 0.752. The number of aromatic hydroxyl groups is 1. The summed E-state index contributed by atoms with van der Waals surface area (Å²) in [4.78, 5) is 23.1. The maximum absolute atomic E-state index is 12.1. The van der Waals surface area contributed by atoms with Gasteiger partial charge in [0, 0.05) is 5.69 Å². The molecule has 0 fully saturated rings. The molecule has 1 aromatic heterocycles. The van der Waals surface area contributed by atoms with Gasteiger partial charge < -0.3 is 15.5 Å². The Morgan fingerprint density at radius 1 is 1.15 bits per heavy atom. The molecule has 0 saturated heterocycles. The first kappa shape index (κ1) is 17.4. The van der Waals surface area contributed by atoms with Crippen molar-refractivity contribution in [2.24, 2.45) is 0 Å². The third-order valence-corrected chi connectivity index (χ3v) is 4.20. The summed E-state index contributed by atoms with van der Waals surface area (Å²) in [6.45, 7) is 0. The number of thioether (sulfide) groups is 1. The quantitative estimate of drug-likeness (QED) is 0.442. The number of carbonyl (C=O) groups excluding carboxylic acids is 1. The molecule has 26 heavy (non-hydrogen) atoms. The van der Waals surface area contributed by atoms with Crippen LogP contribution in [0.15, 0.2) is 53.7 Å². The second-order valence-corrected chi connectivity index (χ2v) is 6.03. The number of aromatic carboxylic acids is 1. The molecule has 0 atom stereocenters. The van der Waals surface area contributed by atoms with E-state index >= 15 is 0 Å². The molecule has 2 aromatic carbocycles. The van der Waals surface area contributed by atoms with Gasteiger partial charge in [-0.05, 0) is 40.8 Å². The summed E-state index contributed by atoms with van der Waals surface area (Å²) in [7, 11) is 0. The SMILES string of the molecule is O=C(CSc1nnnn1-c1ccccc1)Nc1ccc(O)c(C(=O)O)c1. The van der Waals surface area contributed by atoms with Gasteiger partial charge in [0.25, 0.3) is 0 Å². The highest BCUT2D eigenvalue weighted by Crippen LogP contribution is 2.22. The van der Waals surface area contributed by atoms with Gasteiger partial charge in [-0.1, -0.05) is 30.0 Å². The number of hydrogen-bond donors (Lipinski definition) is 3. The number of aromatic nitrogens is 4. The first-order valence-corrected chi connectivity index (χ1v) is 8.36. The van der Waals surface area contributed by atoms with Gasteiger partial charge in [-0.15, -0.1) is 5.10 Å². The number of nitrogens with zero attached hydrogens (tertiary/aromatic N) is 4. The van der Waals surface area contributed by atoms with Crippen LogP contribution < -0.4 is 5.32 Å². The summed E-state index contributed by atoms with van der Waals surface area (Å²) in [5, 5.41) is 32.9. The number of hydrogen-bond acceptors (Lipinski definition) is 7. The Morgan fingerprint density at radius 3 is 2.65 bits per heavy atom.